The van der Waals surface area contributed by atoms with E-state index in [2.05, 4.69) is 5.32 Å². The monoisotopic (exact) mass is 446 g/mol. The predicted octanol–water partition coefficient (Wildman–Crippen LogP) is 3.95. The lowest BCUT2D eigenvalue weighted by Gasteiger charge is -2.28. The van der Waals surface area contributed by atoms with Crippen LogP contribution >= 0.6 is 11.9 Å². The van der Waals surface area contributed by atoms with Gasteiger partial charge in [-0.05, 0) is 74.5 Å². The Morgan fingerprint density at radius 3 is 2.68 bits per heavy atom. The zero-order valence-corrected chi connectivity index (χ0v) is 18.8. The zero-order chi connectivity index (χ0) is 22.1. The van der Waals surface area contributed by atoms with E-state index in [1.807, 2.05) is 28.7 Å². The van der Waals surface area contributed by atoms with Gasteiger partial charge in [0.25, 0.3) is 5.91 Å². The summed E-state index contributed by atoms with van der Waals surface area (Å²) in [5, 5.41) is 12.7. The van der Waals surface area contributed by atoms with Crippen LogP contribution in [0.4, 0.5) is 0 Å². The first-order chi connectivity index (χ1) is 15.1. The van der Waals surface area contributed by atoms with Gasteiger partial charge in [-0.15, -0.1) is 4.47 Å². The number of ether oxygens (including phenoxy) is 2. The van der Waals surface area contributed by atoms with E-state index in [0.29, 0.717) is 37.4 Å². The van der Waals surface area contributed by atoms with Crippen molar-refractivity contribution in [3.05, 3.63) is 53.6 Å². The number of aromatic hydroxyl groups is 1. The van der Waals surface area contributed by atoms with Gasteiger partial charge in [-0.2, -0.15) is 0 Å². The average Bonchev–Trinajstić information content (AvgIpc) is 2.79. The summed E-state index contributed by atoms with van der Waals surface area (Å²) in [6, 6.07) is 12.8. The molecule has 1 amide bonds. The van der Waals surface area contributed by atoms with E-state index in [0.717, 1.165) is 29.9 Å². The van der Waals surface area contributed by atoms with E-state index in [1.165, 1.54) is 11.9 Å². The molecule has 1 aliphatic heterocycles. The normalized spacial score (nSPS) is 14.5. The SMILES string of the molecule is COc1ccc(SN(CCCNC(=O)c2cccc(O)c2C)OC2CCOCC2)cc1. The molecule has 1 aliphatic rings. The first-order valence-corrected chi connectivity index (χ1v) is 11.2. The van der Waals surface area contributed by atoms with Crippen LogP contribution in [0.15, 0.2) is 47.4 Å². The fraction of sp³-hybridized carbons (Fsp3) is 0.435. The lowest BCUT2D eigenvalue weighted by Crippen LogP contribution is -2.32. The molecule has 8 heteroatoms. The third kappa shape index (κ3) is 7.14. The van der Waals surface area contributed by atoms with Crippen molar-refractivity contribution >= 4 is 17.9 Å². The Hall–Kier alpha value is -2.26. The van der Waals surface area contributed by atoms with Crippen LogP contribution in [0.25, 0.3) is 0 Å². The molecule has 0 unspecified atom stereocenters. The molecule has 0 atom stereocenters. The smallest absolute Gasteiger partial charge is 0.251 e. The number of nitrogens with zero attached hydrogens (tertiary/aromatic N) is 1. The molecule has 0 spiro atoms. The molecule has 0 aromatic heterocycles. The molecule has 2 N–H and O–H groups in total. The van der Waals surface area contributed by atoms with E-state index in [-0.39, 0.29) is 17.8 Å². The first-order valence-electron chi connectivity index (χ1n) is 10.5. The Morgan fingerprint density at radius 2 is 1.97 bits per heavy atom. The Morgan fingerprint density at radius 1 is 1.23 bits per heavy atom. The number of methoxy groups -OCH3 is 1. The number of hydroxylamine groups is 1. The second-order valence-corrected chi connectivity index (χ2v) is 8.36. The van der Waals surface area contributed by atoms with Gasteiger partial charge < -0.3 is 19.9 Å². The summed E-state index contributed by atoms with van der Waals surface area (Å²) < 4.78 is 12.5. The number of nitrogens with one attached hydrogen (secondary N) is 1. The standard InChI is InChI=1S/C23H30N2O5S/c1-17-21(5-3-6-22(17)26)23(27)24-13-4-14-25(30-19-11-15-29-16-12-19)31-20-9-7-18(28-2)8-10-20/h3,5-10,19,26H,4,11-16H2,1-2H3,(H,24,27). The minimum absolute atomic E-state index is 0.125. The van der Waals surface area contributed by atoms with Gasteiger partial charge in [0.1, 0.15) is 11.5 Å². The quantitative estimate of drug-likeness (QED) is 0.325. The first kappa shape index (κ1) is 23.4. The summed E-state index contributed by atoms with van der Waals surface area (Å²) in [6.07, 6.45) is 2.58. The minimum atomic E-state index is -0.187. The number of hydrogen-bond donors (Lipinski definition) is 2. The van der Waals surface area contributed by atoms with Crippen molar-refractivity contribution in [3.63, 3.8) is 0 Å². The van der Waals surface area contributed by atoms with Gasteiger partial charge in [0.15, 0.2) is 0 Å². The maximum Gasteiger partial charge on any atom is 0.251 e. The van der Waals surface area contributed by atoms with Gasteiger partial charge in [0.05, 0.1) is 13.2 Å². The van der Waals surface area contributed by atoms with Crippen molar-refractivity contribution in [1.82, 2.24) is 9.79 Å². The van der Waals surface area contributed by atoms with Gasteiger partial charge in [-0.1, -0.05) is 6.07 Å². The second kappa shape index (κ2) is 12.0. The van der Waals surface area contributed by atoms with Crippen LogP contribution in [-0.2, 0) is 9.57 Å². The molecule has 1 heterocycles. The van der Waals surface area contributed by atoms with Crippen molar-refractivity contribution < 1.29 is 24.2 Å². The lowest BCUT2D eigenvalue weighted by molar-refractivity contribution is -0.153. The summed E-state index contributed by atoms with van der Waals surface area (Å²) in [7, 11) is 1.65. The highest BCUT2D eigenvalue weighted by molar-refractivity contribution is 7.96. The highest BCUT2D eigenvalue weighted by Gasteiger charge is 2.19. The predicted molar refractivity (Wildman–Crippen MR) is 120 cm³/mol. The number of amides is 1. The molecular weight excluding hydrogens is 416 g/mol. The van der Waals surface area contributed by atoms with E-state index in [4.69, 9.17) is 14.3 Å². The summed E-state index contributed by atoms with van der Waals surface area (Å²) >= 11 is 1.53. The molecule has 7 nitrogen and oxygen atoms in total. The molecule has 168 valence electrons. The number of hydrogen-bond acceptors (Lipinski definition) is 7. The van der Waals surface area contributed by atoms with Gasteiger partial charge >= 0.3 is 0 Å². The van der Waals surface area contributed by atoms with Crippen molar-refractivity contribution in [2.75, 3.05) is 33.4 Å². The largest absolute Gasteiger partial charge is 0.508 e. The number of carbonyl (C=O) groups excluding carboxylic acids is 1. The van der Waals surface area contributed by atoms with Crippen LogP contribution < -0.4 is 10.1 Å². The highest BCUT2D eigenvalue weighted by Crippen LogP contribution is 2.27. The van der Waals surface area contributed by atoms with Gasteiger partial charge in [-0.3, -0.25) is 9.63 Å². The molecule has 1 saturated heterocycles. The molecule has 1 fully saturated rings. The Kier molecular flexibility index (Phi) is 9.02. The topological polar surface area (TPSA) is 80.3 Å². The van der Waals surface area contributed by atoms with Crippen LogP contribution in [0.1, 0.15) is 35.2 Å². The van der Waals surface area contributed by atoms with Crippen LogP contribution in [0.2, 0.25) is 0 Å². The van der Waals surface area contributed by atoms with E-state index in [1.54, 1.807) is 32.2 Å². The molecular formula is C23H30N2O5S. The van der Waals surface area contributed by atoms with Crippen molar-refractivity contribution in [1.29, 1.82) is 0 Å². The van der Waals surface area contributed by atoms with Crippen molar-refractivity contribution in [3.8, 4) is 11.5 Å². The maximum atomic E-state index is 12.4. The van der Waals surface area contributed by atoms with Crippen LogP contribution in [0.5, 0.6) is 11.5 Å². The summed E-state index contributed by atoms with van der Waals surface area (Å²) in [4.78, 5) is 19.7. The van der Waals surface area contributed by atoms with E-state index < -0.39 is 0 Å². The molecule has 0 saturated carbocycles. The fourth-order valence-corrected chi connectivity index (χ4v) is 4.07. The molecule has 31 heavy (non-hydrogen) atoms. The van der Waals surface area contributed by atoms with Crippen molar-refractivity contribution in [2.24, 2.45) is 0 Å². The third-order valence-corrected chi connectivity index (χ3v) is 6.01. The maximum absolute atomic E-state index is 12.4. The third-order valence-electron chi connectivity index (χ3n) is 5.05. The number of rotatable bonds is 10. The number of carbonyl (C=O) groups is 1. The molecule has 0 aliphatic carbocycles. The zero-order valence-electron chi connectivity index (χ0n) is 18.0. The average molecular weight is 447 g/mol. The van der Waals surface area contributed by atoms with Crippen molar-refractivity contribution in [2.45, 2.75) is 37.2 Å². The van der Waals surface area contributed by atoms with Crippen LogP contribution in [-0.4, -0.2) is 55.0 Å². The summed E-state index contributed by atoms with van der Waals surface area (Å²) in [5.74, 6) is 0.749. The van der Waals surface area contributed by atoms with Gasteiger partial charge in [0, 0.05) is 42.3 Å². The number of benzene rings is 2. The lowest BCUT2D eigenvalue weighted by atomic mass is 10.1. The van der Waals surface area contributed by atoms with E-state index >= 15 is 0 Å². The number of phenols is 1. The highest BCUT2D eigenvalue weighted by atomic mass is 32.2. The van der Waals surface area contributed by atoms with E-state index in [9.17, 15) is 9.90 Å². The van der Waals surface area contributed by atoms with Crippen LogP contribution in [0.3, 0.4) is 0 Å². The Balaban J connectivity index is 1.53. The number of phenolic OH excluding ortho intramolecular Hbond substituents is 1. The Bertz CT molecular complexity index is 840. The fourth-order valence-electron chi connectivity index (χ4n) is 3.20. The Labute approximate surface area is 187 Å². The molecule has 3 rings (SSSR count). The molecule has 2 aromatic carbocycles. The molecule has 0 bridgehead atoms. The minimum Gasteiger partial charge on any atom is -0.508 e. The van der Waals surface area contributed by atoms with Gasteiger partial charge in [0.2, 0.25) is 0 Å². The summed E-state index contributed by atoms with van der Waals surface area (Å²) in [5.41, 5.74) is 1.07. The van der Waals surface area contributed by atoms with Gasteiger partial charge in [-0.25, -0.2) is 0 Å². The molecule has 0 radical (unpaired) electrons. The molecule has 2 aromatic rings. The second-order valence-electron chi connectivity index (χ2n) is 7.30. The van der Waals surface area contributed by atoms with Crippen LogP contribution in [0, 0.1) is 6.92 Å². The summed E-state index contributed by atoms with van der Waals surface area (Å²) in [6.45, 7) is 4.31.